The molecule has 0 aliphatic carbocycles. The lowest BCUT2D eigenvalue weighted by Crippen LogP contribution is -2.36. The maximum atomic E-state index is 12.4. The number of nitriles is 1. The highest BCUT2D eigenvalue weighted by atomic mass is 32.2. The Morgan fingerprint density at radius 3 is 2.37 bits per heavy atom. The molecule has 0 aliphatic heterocycles. The zero-order chi connectivity index (χ0) is 14.5. The Morgan fingerprint density at radius 1 is 1.37 bits per heavy atom. The molecule has 1 aromatic rings. The summed E-state index contributed by atoms with van der Waals surface area (Å²) < 4.78 is 26.3. The molecule has 0 spiro atoms. The fraction of sp³-hybridized carbons (Fsp3) is 0.357. The van der Waals surface area contributed by atoms with Gasteiger partial charge < -0.3 is 0 Å². The van der Waals surface area contributed by atoms with Crippen LogP contribution in [0.4, 0.5) is 0 Å². The summed E-state index contributed by atoms with van der Waals surface area (Å²) in [5.74, 6) is 0. The van der Waals surface area contributed by atoms with Crippen LogP contribution in [0.15, 0.2) is 41.8 Å². The zero-order valence-corrected chi connectivity index (χ0v) is 12.0. The molecule has 0 N–H and O–H groups in total. The number of hydrogen-bond donors (Lipinski definition) is 0. The third kappa shape index (κ3) is 3.66. The van der Waals surface area contributed by atoms with Gasteiger partial charge in [-0.15, -0.1) is 6.58 Å². The average Bonchev–Trinajstić information content (AvgIpc) is 2.36. The Labute approximate surface area is 115 Å². The van der Waals surface area contributed by atoms with E-state index >= 15 is 0 Å². The predicted molar refractivity (Wildman–Crippen MR) is 75.0 cm³/mol. The van der Waals surface area contributed by atoms with Crippen molar-refractivity contribution in [3.05, 3.63) is 42.5 Å². The van der Waals surface area contributed by atoms with Crippen molar-refractivity contribution >= 4 is 10.0 Å². The second kappa shape index (κ2) is 6.50. The average molecular weight is 278 g/mol. The van der Waals surface area contributed by atoms with Crippen LogP contribution in [0.3, 0.4) is 0 Å². The van der Waals surface area contributed by atoms with Gasteiger partial charge in [0.1, 0.15) is 0 Å². The van der Waals surface area contributed by atoms with Crippen molar-refractivity contribution in [3.8, 4) is 6.07 Å². The molecule has 0 bridgehead atoms. The standard InChI is InChI=1S/C14H18N2O2S/c1-4-11-16(12(2)3)19(17,18)14-7-5-13(6-8-14)9-10-15/h4-8,12H,1,9,11H2,2-3H3. The second-order valence-electron chi connectivity index (χ2n) is 4.44. The van der Waals surface area contributed by atoms with Crippen LogP contribution in [0.5, 0.6) is 0 Å². The van der Waals surface area contributed by atoms with Crippen molar-refractivity contribution < 1.29 is 8.42 Å². The molecule has 4 nitrogen and oxygen atoms in total. The van der Waals surface area contributed by atoms with Crippen molar-refractivity contribution in [1.82, 2.24) is 4.31 Å². The Hall–Kier alpha value is -1.64. The molecule has 0 aliphatic rings. The fourth-order valence-corrected chi connectivity index (χ4v) is 3.33. The van der Waals surface area contributed by atoms with E-state index in [1.807, 2.05) is 19.9 Å². The third-order valence-electron chi connectivity index (χ3n) is 2.70. The van der Waals surface area contributed by atoms with E-state index in [9.17, 15) is 8.42 Å². The number of sulfonamides is 1. The normalized spacial score (nSPS) is 11.5. The highest BCUT2D eigenvalue weighted by Crippen LogP contribution is 2.18. The third-order valence-corrected chi connectivity index (χ3v) is 4.75. The van der Waals surface area contributed by atoms with E-state index in [0.29, 0.717) is 0 Å². The highest BCUT2D eigenvalue weighted by Gasteiger charge is 2.25. The van der Waals surface area contributed by atoms with E-state index in [4.69, 9.17) is 5.26 Å². The Balaban J connectivity index is 3.11. The summed E-state index contributed by atoms with van der Waals surface area (Å²) in [5.41, 5.74) is 0.807. The van der Waals surface area contributed by atoms with Gasteiger partial charge in [-0.1, -0.05) is 18.2 Å². The van der Waals surface area contributed by atoms with Crippen molar-refractivity contribution in [2.75, 3.05) is 6.54 Å². The maximum absolute atomic E-state index is 12.4. The van der Waals surface area contributed by atoms with Crippen LogP contribution in [-0.2, 0) is 16.4 Å². The summed E-state index contributed by atoms with van der Waals surface area (Å²) in [5, 5.41) is 8.59. The Bertz CT molecular complexity index is 568. The molecule has 0 radical (unpaired) electrons. The summed E-state index contributed by atoms with van der Waals surface area (Å²) in [6.45, 7) is 7.51. The number of nitrogens with zero attached hydrogens (tertiary/aromatic N) is 2. The van der Waals surface area contributed by atoms with Crippen LogP contribution in [0.2, 0.25) is 0 Å². The molecule has 0 aromatic heterocycles. The highest BCUT2D eigenvalue weighted by molar-refractivity contribution is 7.89. The smallest absolute Gasteiger partial charge is 0.207 e. The fourth-order valence-electron chi connectivity index (χ4n) is 1.72. The predicted octanol–water partition coefficient (Wildman–Crippen LogP) is 2.34. The first-order chi connectivity index (χ1) is 8.93. The first kappa shape index (κ1) is 15.4. The van der Waals surface area contributed by atoms with Crippen molar-refractivity contribution in [1.29, 1.82) is 5.26 Å². The first-order valence-corrected chi connectivity index (χ1v) is 7.46. The molecule has 0 fully saturated rings. The number of benzene rings is 1. The van der Waals surface area contributed by atoms with E-state index in [1.165, 1.54) is 4.31 Å². The number of hydrogen-bond acceptors (Lipinski definition) is 3. The van der Waals surface area contributed by atoms with Crippen LogP contribution in [-0.4, -0.2) is 25.3 Å². The Kier molecular flexibility index (Phi) is 5.28. The zero-order valence-electron chi connectivity index (χ0n) is 11.2. The molecule has 0 amide bonds. The molecule has 102 valence electrons. The van der Waals surface area contributed by atoms with Crippen molar-refractivity contribution in [2.24, 2.45) is 0 Å². The summed E-state index contributed by atoms with van der Waals surface area (Å²) in [6.07, 6.45) is 1.85. The van der Waals surface area contributed by atoms with E-state index < -0.39 is 10.0 Å². The molecule has 0 unspecified atom stereocenters. The second-order valence-corrected chi connectivity index (χ2v) is 6.33. The van der Waals surface area contributed by atoms with Gasteiger partial charge in [-0.3, -0.25) is 0 Å². The minimum absolute atomic E-state index is 0.137. The van der Waals surface area contributed by atoms with Gasteiger partial charge in [-0.2, -0.15) is 9.57 Å². The van der Waals surface area contributed by atoms with Crippen molar-refractivity contribution in [3.63, 3.8) is 0 Å². The maximum Gasteiger partial charge on any atom is 0.243 e. The van der Waals surface area contributed by atoms with Gasteiger partial charge in [-0.05, 0) is 31.5 Å². The monoisotopic (exact) mass is 278 g/mol. The first-order valence-electron chi connectivity index (χ1n) is 6.02. The topological polar surface area (TPSA) is 61.2 Å². The van der Waals surface area contributed by atoms with E-state index in [0.717, 1.165) is 5.56 Å². The van der Waals surface area contributed by atoms with Gasteiger partial charge in [0, 0.05) is 12.6 Å². The van der Waals surface area contributed by atoms with Gasteiger partial charge in [0.15, 0.2) is 0 Å². The minimum atomic E-state index is -3.52. The molecule has 0 atom stereocenters. The number of rotatable bonds is 6. The molecule has 0 heterocycles. The summed E-state index contributed by atoms with van der Waals surface area (Å²) in [7, 11) is -3.52. The Morgan fingerprint density at radius 2 is 1.95 bits per heavy atom. The van der Waals surface area contributed by atoms with Gasteiger partial charge in [0.25, 0.3) is 0 Å². The minimum Gasteiger partial charge on any atom is -0.207 e. The summed E-state index contributed by atoms with van der Waals surface area (Å²) in [6, 6.07) is 8.32. The largest absolute Gasteiger partial charge is 0.243 e. The lowest BCUT2D eigenvalue weighted by atomic mass is 10.2. The van der Waals surface area contributed by atoms with Crippen LogP contribution < -0.4 is 0 Å². The molecule has 1 aromatic carbocycles. The van der Waals surface area contributed by atoms with Crippen LogP contribution in [0.25, 0.3) is 0 Å². The molecule has 19 heavy (non-hydrogen) atoms. The molecule has 0 saturated carbocycles. The van der Waals surface area contributed by atoms with Crippen molar-refractivity contribution in [2.45, 2.75) is 31.2 Å². The van der Waals surface area contributed by atoms with Gasteiger partial charge >= 0.3 is 0 Å². The van der Waals surface area contributed by atoms with E-state index in [-0.39, 0.29) is 23.9 Å². The van der Waals surface area contributed by atoms with E-state index in [2.05, 4.69) is 6.58 Å². The summed E-state index contributed by atoms with van der Waals surface area (Å²) in [4.78, 5) is 0.240. The van der Waals surface area contributed by atoms with Crippen LogP contribution in [0.1, 0.15) is 19.4 Å². The summed E-state index contributed by atoms with van der Waals surface area (Å²) >= 11 is 0. The van der Waals surface area contributed by atoms with Gasteiger partial charge in [-0.25, -0.2) is 8.42 Å². The molecular formula is C14H18N2O2S. The molecular weight excluding hydrogens is 260 g/mol. The van der Waals surface area contributed by atoms with Gasteiger partial charge in [0.2, 0.25) is 10.0 Å². The molecule has 1 rings (SSSR count). The lowest BCUT2D eigenvalue weighted by Gasteiger charge is -2.24. The molecule has 0 saturated heterocycles. The SMILES string of the molecule is C=CCN(C(C)C)S(=O)(=O)c1ccc(CC#N)cc1. The van der Waals surface area contributed by atoms with Crippen LogP contribution >= 0.6 is 0 Å². The van der Waals surface area contributed by atoms with E-state index in [1.54, 1.807) is 30.3 Å². The van der Waals surface area contributed by atoms with Gasteiger partial charge in [0.05, 0.1) is 17.4 Å². The quantitative estimate of drug-likeness (QED) is 0.750. The lowest BCUT2D eigenvalue weighted by molar-refractivity contribution is 0.383. The van der Waals surface area contributed by atoms with Crippen LogP contribution in [0, 0.1) is 11.3 Å². The molecule has 5 heteroatoms.